The number of nitro benzene ring substituents is 1. The molecule has 0 saturated carbocycles. The van der Waals surface area contributed by atoms with E-state index < -0.39 is 16.0 Å². The Hall–Kier alpha value is -0.270. The van der Waals surface area contributed by atoms with Gasteiger partial charge in [-0.15, -0.1) is 0 Å². The summed E-state index contributed by atoms with van der Waals surface area (Å²) in [6, 6.07) is 5.55. The van der Waals surface area contributed by atoms with Crippen LogP contribution in [0, 0.1) is 10.1 Å². The second-order valence-electron chi connectivity index (χ2n) is 2.38. The summed E-state index contributed by atoms with van der Waals surface area (Å²) in [7, 11) is 0. The van der Waals surface area contributed by atoms with Crippen LogP contribution < -0.4 is 29.6 Å². The Morgan fingerprint density at radius 1 is 1.43 bits per heavy atom. The van der Waals surface area contributed by atoms with Gasteiger partial charge in [0.05, 0.1) is 4.92 Å². The van der Waals surface area contributed by atoms with Crippen molar-refractivity contribution in [1.82, 2.24) is 0 Å². The molecule has 14 heavy (non-hydrogen) atoms. The molecule has 0 saturated heterocycles. The molecule has 0 spiro atoms. The quantitative estimate of drug-likeness (QED) is 0.256. The van der Waals surface area contributed by atoms with Gasteiger partial charge in [0.1, 0.15) is 0 Å². The van der Waals surface area contributed by atoms with E-state index >= 15 is 0 Å². The van der Waals surface area contributed by atoms with Crippen LogP contribution in [0.2, 0.25) is 0 Å². The van der Waals surface area contributed by atoms with E-state index in [0.717, 1.165) is 0 Å². The third kappa shape index (κ3) is 4.30. The van der Waals surface area contributed by atoms with Crippen LogP contribution >= 0.6 is 0 Å². The average Bonchev–Trinajstić information content (AvgIpc) is 2.03. The van der Waals surface area contributed by atoms with Crippen molar-refractivity contribution in [3.05, 3.63) is 39.9 Å². The van der Waals surface area contributed by atoms with Gasteiger partial charge in [0, 0.05) is 17.9 Å². The maximum atomic E-state index is 10.3. The fourth-order valence-corrected chi connectivity index (χ4v) is 1.35. The number of nitro groups is 1. The largest absolute Gasteiger partial charge is 1.00 e. The number of rotatable bonds is 3. The van der Waals surface area contributed by atoms with Gasteiger partial charge in [0.15, 0.2) is 0 Å². The van der Waals surface area contributed by atoms with E-state index in [1.807, 2.05) is 0 Å². The van der Waals surface area contributed by atoms with Crippen LogP contribution in [0.5, 0.6) is 0 Å². The Morgan fingerprint density at radius 2 is 2.07 bits per heavy atom. The van der Waals surface area contributed by atoms with Crippen LogP contribution in [-0.4, -0.2) is 13.7 Å². The Balaban J connectivity index is 0.00000169. The van der Waals surface area contributed by atoms with E-state index in [-0.39, 0.29) is 41.0 Å². The van der Waals surface area contributed by atoms with Gasteiger partial charge in [0.25, 0.3) is 5.69 Å². The minimum Gasteiger partial charge on any atom is -0.772 e. The zero-order chi connectivity index (χ0) is 9.84. The van der Waals surface area contributed by atoms with E-state index in [4.69, 9.17) is 0 Å². The molecule has 0 aliphatic heterocycles. The smallest absolute Gasteiger partial charge is 0.772 e. The number of benzene rings is 1. The Kier molecular flexibility index (Phi) is 6.14. The van der Waals surface area contributed by atoms with E-state index in [0.29, 0.717) is 5.56 Å². The second kappa shape index (κ2) is 6.26. The molecule has 0 N–H and O–H groups in total. The first-order chi connectivity index (χ1) is 6.09. The Bertz CT molecular complexity index is 357. The standard InChI is InChI=1S/C7H7NO4S.Na/c9-8(10)7-3-1-2-6(4-7)5-13(11)12;/h1-4H,5H2,(H,11,12);/q;+1/p-1. The van der Waals surface area contributed by atoms with Gasteiger partial charge in [-0.3, -0.25) is 14.3 Å². The average molecular weight is 223 g/mol. The topological polar surface area (TPSA) is 83.3 Å². The molecular weight excluding hydrogens is 217 g/mol. The first-order valence-electron chi connectivity index (χ1n) is 3.39. The van der Waals surface area contributed by atoms with Crippen molar-refractivity contribution < 1.29 is 43.2 Å². The first kappa shape index (κ1) is 13.7. The van der Waals surface area contributed by atoms with Crippen LogP contribution in [0.25, 0.3) is 0 Å². The summed E-state index contributed by atoms with van der Waals surface area (Å²) in [6.07, 6.45) is 0. The molecule has 1 unspecified atom stereocenters. The van der Waals surface area contributed by atoms with E-state index in [1.165, 1.54) is 24.3 Å². The monoisotopic (exact) mass is 223 g/mol. The summed E-state index contributed by atoms with van der Waals surface area (Å²) in [5.41, 5.74) is 0.325. The number of non-ortho nitro benzene ring substituents is 1. The predicted molar refractivity (Wildman–Crippen MR) is 45.7 cm³/mol. The van der Waals surface area contributed by atoms with E-state index in [1.54, 1.807) is 0 Å². The maximum absolute atomic E-state index is 10.3. The molecule has 1 rings (SSSR count). The molecule has 0 aliphatic rings. The normalized spacial score (nSPS) is 11.5. The van der Waals surface area contributed by atoms with Crippen molar-refractivity contribution in [2.45, 2.75) is 5.75 Å². The number of nitrogens with zero attached hydrogens (tertiary/aromatic N) is 1. The molecule has 0 aliphatic carbocycles. The van der Waals surface area contributed by atoms with Gasteiger partial charge in [-0.05, 0) is 5.56 Å². The number of hydrogen-bond donors (Lipinski definition) is 0. The molecule has 0 fully saturated rings. The molecule has 5 nitrogen and oxygen atoms in total. The van der Waals surface area contributed by atoms with Crippen molar-refractivity contribution in [3.63, 3.8) is 0 Å². The maximum Gasteiger partial charge on any atom is 1.00 e. The van der Waals surface area contributed by atoms with Crippen LogP contribution in [0.3, 0.4) is 0 Å². The molecule has 1 aromatic rings. The molecule has 1 aromatic carbocycles. The van der Waals surface area contributed by atoms with Crippen LogP contribution in [0.15, 0.2) is 24.3 Å². The second-order valence-corrected chi connectivity index (χ2v) is 3.27. The third-order valence-corrected chi connectivity index (χ3v) is 1.97. The molecule has 7 heteroatoms. The van der Waals surface area contributed by atoms with Crippen LogP contribution in [0.4, 0.5) is 5.69 Å². The Labute approximate surface area is 105 Å². The molecule has 0 amide bonds. The fraction of sp³-hybridized carbons (Fsp3) is 0.143. The van der Waals surface area contributed by atoms with E-state index in [2.05, 4.69) is 0 Å². The van der Waals surface area contributed by atoms with Gasteiger partial charge in [-0.2, -0.15) is 0 Å². The first-order valence-corrected chi connectivity index (χ1v) is 4.63. The summed E-state index contributed by atoms with van der Waals surface area (Å²) in [5.74, 6) is -0.193. The van der Waals surface area contributed by atoms with Crippen molar-refractivity contribution >= 4 is 16.8 Å². The van der Waals surface area contributed by atoms with Gasteiger partial charge >= 0.3 is 29.6 Å². The molecule has 70 valence electrons. The van der Waals surface area contributed by atoms with Crippen LogP contribution in [-0.2, 0) is 16.8 Å². The fourth-order valence-electron chi connectivity index (χ4n) is 0.896. The minimum absolute atomic E-state index is 0. The summed E-state index contributed by atoms with van der Waals surface area (Å²) in [6.45, 7) is 0. The van der Waals surface area contributed by atoms with Crippen molar-refractivity contribution in [2.24, 2.45) is 0 Å². The molecule has 0 aromatic heterocycles. The van der Waals surface area contributed by atoms with Gasteiger partial charge in [-0.25, -0.2) is 0 Å². The van der Waals surface area contributed by atoms with Crippen molar-refractivity contribution in [3.8, 4) is 0 Å². The molecular formula is C7H6NNaO4S. The minimum atomic E-state index is -2.21. The zero-order valence-corrected chi connectivity index (χ0v) is 10.3. The summed E-state index contributed by atoms with van der Waals surface area (Å²) in [5, 5.41) is 10.3. The SMILES string of the molecule is O=[N+]([O-])c1cccc(CS(=O)[O-])c1.[Na+]. The van der Waals surface area contributed by atoms with Gasteiger partial charge in [-0.1, -0.05) is 23.2 Å². The van der Waals surface area contributed by atoms with Crippen molar-refractivity contribution in [2.75, 3.05) is 0 Å². The molecule has 0 heterocycles. The molecule has 0 radical (unpaired) electrons. The third-order valence-electron chi connectivity index (χ3n) is 1.41. The van der Waals surface area contributed by atoms with Crippen molar-refractivity contribution in [1.29, 1.82) is 0 Å². The summed E-state index contributed by atoms with van der Waals surface area (Å²) >= 11 is -2.21. The summed E-state index contributed by atoms with van der Waals surface area (Å²) in [4.78, 5) is 9.73. The molecule has 0 bridgehead atoms. The van der Waals surface area contributed by atoms with Gasteiger partial charge in [0.2, 0.25) is 0 Å². The number of hydrogen-bond acceptors (Lipinski definition) is 4. The summed E-state index contributed by atoms with van der Waals surface area (Å²) < 4.78 is 20.6. The predicted octanol–water partition coefficient (Wildman–Crippen LogP) is -2.02. The van der Waals surface area contributed by atoms with Crippen LogP contribution in [0.1, 0.15) is 5.56 Å². The Morgan fingerprint density at radius 3 is 2.57 bits per heavy atom. The van der Waals surface area contributed by atoms with E-state index in [9.17, 15) is 18.9 Å². The van der Waals surface area contributed by atoms with Gasteiger partial charge < -0.3 is 4.55 Å². The zero-order valence-electron chi connectivity index (χ0n) is 7.50. The molecule has 1 atom stereocenters.